The highest BCUT2D eigenvalue weighted by Gasteiger charge is 2.30. The number of phosphoric acid groups is 2. The van der Waals surface area contributed by atoms with Crippen molar-refractivity contribution in [3.63, 3.8) is 0 Å². The molecular formula is C74H144O17P2. The number of carbonyl (C=O) groups excluding carboxylic acids is 4. The Morgan fingerprint density at radius 3 is 0.763 bits per heavy atom. The van der Waals surface area contributed by atoms with Crippen LogP contribution >= 0.6 is 15.6 Å². The fourth-order valence-electron chi connectivity index (χ4n) is 11.1. The number of hydrogen-bond donors (Lipinski definition) is 3. The largest absolute Gasteiger partial charge is 0.472 e. The van der Waals surface area contributed by atoms with Crippen molar-refractivity contribution in [1.82, 2.24) is 0 Å². The Balaban J connectivity index is 5.22. The molecule has 0 aliphatic carbocycles. The molecule has 0 spiro atoms. The standard InChI is InChI=1S/C74H144O17P2/c1-9-66(7)52-44-36-28-21-23-30-38-46-54-71(76)84-60-69(91-74(79)57-49-41-32-24-22-29-37-45-53-67(8)10-2)62-88-92(80,81)86-58-68(75)59-87-93(82,83)89-63-70(61-85-72(77)55-47-39-33-25-27-35-43-51-65(5)6)90-73(78)56-48-40-31-20-18-16-14-12-11-13-15-17-19-26-34-42-50-64(3)4/h64-70,75H,9-63H2,1-8H3,(H,80,81)(H,82,83)/t66?,67?,68?,69-,70-/m1/s1. The van der Waals surface area contributed by atoms with E-state index in [1.807, 2.05) is 0 Å². The van der Waals surface area contributed by atoms with Crippen LogP contribution in [0.5, 0.6) is 0 Å². The number of rotatable bonds is 71. The predicted molar refractivity (Wildman–Crippen MR) is 377 cm³/mol. The zero-order chi connectivity index (χ0) is 68.9. The fraction of sp³-hybridized carbons (Fsp3) is 0.946. The highest BCUT2D eigenvalue weighted by molar-refractivity contribution is 7.47. The summed E-state index contributed by atoms with van der Waals surface area (Å²) < 4.78 is 68.4. The number of ether oxygens (including phenoxy) is 4. The molecule has 0 heterocycles. The summed E-state index contributed by atoms with van der Waals surface area (Å²) >= 11 is 0. The maximum Gasteiger partial charge on any atom is 0.472 e. The fourth-order valence-corrected chi connectivity index (χ4v) is 12.7. The Bertz CT molecular complexity index is 1840. The van der Waals surface area contributed by atoms with Gasteiger partial charge in [0.15, 0.2) is 12.2 Å². The van der Waals surface area contributed by atoms with Crippen molar-refractivity contribution in [2.45, 2.75) is 388 Å². The molecule has 0 aliphatic heterocycles. The van der Waals surface area contributed by atoms with Crippen LogP contribution in [0.4, 0.5) is 0 Å². The number of hydrogen-bond acceptors (Lipinski definition) is 15. The van der Waals surface area contributed by atoms with Gasteiger partial charge in [0.2, 0.25) is 0 Å². The van der Waals surface area contributed by atoms with E-state index in [0.29, 0.717) is 31.6 Å². The molecule has 0 saturated carbocycles. The molecule has 19 heteroatoms. The number of phosphoric ester groups is 2. The Morgan fingerprint density at radius 2 is 0.516 bits per heavy atom. The first-order valence-corrected chi connectivity index (χ1v) is 41.3. The Kier molecular flexibility index (Phi) is 62.2. The Morgan fingerprint density at radius 1 is 0.301 bits per heavy atom. The molecule has 93 heavy (non-hydrogen) atoms. The first-order chi connectivity index (χ1) is 44.7. The summed E-state index contributed by atoms with van der Waals surface area (Å²) in [5, 5.41) is 10.6. The maximum atomic E-state index is 13.0. The minimum absolute atomic E-state index is 0.104. The molecule has 5 unspecified atom stereocenters. The first-order valence-electron chi connectivity index (χ1n) is 38.3. The van der Waals surface area contributed by atoms with Gasteiger partial charge in [-0.05, 0) is 49.4 Å². The molecule has 0 saturated heterocycles. The highest BCUT2D eigenvalue weighted by atomic mass is 31.2. The van der Waals surface area contributed by atoms with Gasteiger partial charge in [0.1, 0.15) is 19.3 Å². The second-order valence-corrected chi connectivity index (χ2v) is 31.0. The van der Waals surface area contributed by atoms with E-state index in [9.17, 15) is 43.2 Å². The summed E-state index contributed by atoms with van der Waals surface area (Å²) in [6.07, 6.45) is 47.2. The van der Waals surface area contributed by atoms with Crippen molar-refractivity contribution in [2.24, 2.45) is 23.7 Å². The minimum Gasteiger partial charge on any atom is -0.462 e. The smallest absolute Gasteiger partial charge is 0.462 e. The van der Waals surface area contributed by atoms with Crippen LogP contribution in [0.15, 0.2) is 0 Å². The number of aliphatic hydroxyl groups is 1. The lowest BCUT2D eigenvalue weighted by Crippen LogP contribution is -2.30. The summed E-state index contributed by atoms with van der Waals surface area (Å²) in [5.74, 6) is 0.935. The van der Waals surface area contributed by atoms with E-state index in [1.54, 1.807) is 0 Å². The first kappa shape index (κ1) is 91.1. The van der Waals surface area contributed by atoms with Crippen molar-refractivity contribution in [3.05, 3.63) is 0 Å². The lowest BCUT2D eigenvalue weighted by Gasteiger charge is -2.21. The summed E-state index contributed by atoms with van der Waals surface area (Å²) in [6, 6.07) is 0. The summed E-state index contributed by atoms with van der Waals surface area (Å²) in [5.41, 5.74) is 0. The van der Waals surface area contributed by atoms with Crippen molar-refractivity contribution in [2.75, 3.05) is 39.6 Å². The molecule has 7 atom stereocenters. The summed E-state index contributed by atoms with van der Waals surface area (Å²) in [4.78, 5) is 72.7. The summed E-state index contributed by atoms with van der Waals surface area (Å²) in [7, 11) is -9.91. The quantitative estimate of drug-likeness (QED) is 0.0222. The van der Waals surface area contributed by atoms with Gasteiger partial charge in [0.05, 0.1) is 26.4 Å². The molecular weight excluding hydrogens is 1220 g/mol. The van der Waals surface area contributed by atoms with Crippen LogP contribution in [-0.4, -0.2) is 96.7 Å². The number of carbonyl (C=O) groups is 4. The van der Waals surface area contributed by atoms with Gasteiger partial charge in [-0.3, -0.25) is 37.3 Å². The molecule has 0 amide bonds. The monoisotopic (exact) mass is 1370 g/mol. The van der Waals surface area contributed by atoms with Crippen LogP contribution < -0.4 is 0 Å². The zero-order valence-corrected chi connectivity index (χ0v) is 62.7. The lowest BCUT2D eigenvalue weighted by atomic mass is 9.99. The van der Waals surface area contributed by atoms with Gasteiger partial charge in [-0.2, -0.15) is 0 Å². The SMILES string of the molecule is CCC(C)CCCCCCCCCCC(=O)OC[C@H](COP(=O)(O)OCC(O)COP(=O)(O)OC[C@@H](COC(=O)CCCCCCCCCC(C)C)OC(=O)CCCCCCCCCCCCCCCCCCC(C)C)OC(=O)CCCCCCCCCCC(C)CC. The van der Waals surface area contributed by atoms with E-state index in [0.717, 1.165) is 114 Å². The normalized spacial score (nSPS) is 14.8. The van der Waals surface area contributed by atoms with Crippen LogP contribution in [0.3, 0.4) is 0 Å². The number of aliphatic hydroxyl groups excluding tert-OH is 1. The summed E-state index contributed by atoms with van der Waals surface area (Å²) in [6.45, 7) is 14.2. The molecule has 3 N–H and O–H groups in total. The predicted octanol–water partition coefficient (Wildman–Crippen LogP) is 21.3. The second kappa shape index (κ2) is 63.5. The van der Waals surface area contributed by atoms with Gasteiger partial charge in [0.25, 0.3) is 0 Å². The molecule has 0 radical (unpaired) electrons. The van der Waals surface area contributed by atoms with Crippen LogP contribution in [-0.2, 0) is 65.4 Å². The third kappa shape index (κ3) is 65.8. The highest BCUT2D eigenvalue weighted by Crippen LogP contribution is 2.45. The zero-order valence-electron chi connectivity index (χ0n) is 60.9. The molecule has 0 aromatic rings. The lowest BCUT2D eigenvalue weighted by molar-refractivity contribution is -0.161. The molecule has 0 aromatic carbocycles. The molecule has 0 aromatic heterocycles. The topological polar surface area (TPSA) is 237 Å². The Labute approximate surface area is 568 Å². The van der Waals surface area contributed by atoms with E-state index >= 15 is 0 Å². The van der Waals surface area contributed by atoms with Crippen LogP contribution in [0.1, 0.15) is 370 Å². The third-order valence-electron chi connectivity index (χ3n) is 17.8. The van der Waals surface area contributed by atoms with Crippen LogP contribution in [0, 0.1) is 23.7 Å². The Hall–Kier alpha value is -1.94. The van der Waals surface area contributed by atoms with E-state index in [1.165, 1.54) is 167 Å². The van der Waals surface area contributed by atoms with Gasteiger partial charge < -0.3 is 33.8 Å². The molecule has 0 rings (SSSR count). The van der Waals surface area contributed by atoms with Gasteiger partial charge >= 0.3 is 39.5 Å². The molecule has 552 valence electrons. The minimum atomic E-state index is -4.96. The molecule has 0 aliphatic rings. The molecule has 17 nitrogen and oxygen atoms in total. The van der Waals surface area contributed by atoms with E-state index < -0.39 is 97.5 Å². The second-order valence-electron chi connectivity index (χ2n) is 28.1. The average molecular weight is 1370 g/mol. The average Bonchev–Trinajstić information content (AvgIpc) is 2.51. The van der Waals surface area contributed by atoms with Gasteiger partial charge in [0, 0.05) is 25.7 Å². The molecule has 0 fully saturated rings. The van der Waals surface area contributed by atoms with E-state index in [-0.39, 0.29) is 25.7 Å². The van der Waals surface area contributed by atoms with Gasteiger partial charge in [-0.15, -0.1) is 0 Å². The van der Waals surface area contributed by atoms with Gasteiger partial charge in [-0.25, -0.2) is 9.13 Å². The van der Waals surface area contributed by atoms with Crippen LogP contribution in [0.25, 0.3) is 0 Å². The van der Waals surface area contributed by atoms with E-state index in [2.05, 4.69) is 55.4 Å². The van der Waals surface area contributed by atoms with Crippen molar-refractivity contribution >= 4 is 39.5 Å². The number of unbranched alkanes of at least 4 members (excludes halogenated alkanes) is 35. The van der Waals surface area contributed by atoms with Crippen molar-refractivity contribution in [3.8, 4) is 0 Å². The van der Waals surface area contributed by atoms with Crippen LogP contribution in [0.2, 0.25) is 0 Å². The molecule has 0 bridgehead atoms. The van der Waals surface area contributed by atoms with Crippen molar-refractivity contribution in [1.29, 1.82) is 0 Å². The van der Waals surface area contributed by atoms with Crippen molar-refractivity contribution < 1.29 is 80.2 Å². The van der Waals surface area contributed by atoms with Gasteiger partial charge in [-0.1, -0.05) is 319 Å². The maximum absolute atomic E-state index is 13.0. The van der Waals surface area contributed by atoms with E-state index in [4.69, 9.17) is 37.0 Å². The third-order valence-corrected chi connectivity index (χ3v) is 19.7. The number of esters is 4.